The number of nitrogens with zero attached hydrogens (tertiary/aromatic N) is 2. The first kappa shape index (κ1) is 14.4. The fraction of sp³-hybridized carbons (Fsp3) is 0.583. The molecule has 0 saturated heterocycles. The van der Waals surface area contributed by atoms with E-state index >= 15 is 0 Å². The zero-order valence-electron chi connectivity index (χ0n) is 10.8. The summed E-state index contributed by atoms with van der Waals surface area (Å²) in [6.07, 6.45) is 0.667. The number of anilines is 1. The lowest BCUT2D eigenvalue weighted by atomic mass is 9.94. The van der Waals surface area contributed by atoms with Crippen molar-refractivity contribution in [1.29, 1.82) is 0 Å². The molecule has 1 aromatic heterocycles. The molecule has 0 aliphatic carbocycles. The molecule has 0 fully saturated rings. The molecule has 0 aliphatic rings. The van der Waals surface area contributed by atoms with E-state index < -0.39 is 11.6 Å². The Morgan fingerprint density at radius 2 is 2.11 bits per heavy atom. The molecule has 3 N–H and O–H groups in total. The first-order valence-electron chi connectivity index (χ1n) is 5.83. The summed E-state index contributed by atoms with van der Waals surface area (Å²) in [5.41, 5.74) is -0.934. The number of carboxylic acid groups (broad SMARTS) is 1. The van der Waals surface area contributed by atoms with Gasteiger partial charge < -0.3 is 15.5 Å². The molecule has 1 rings (SSSR count). The highest BCUT2D eigenvalue weighted by Crippen LogP contribution is 2.16. The maximum atomic E-state index is 10.6. The molecule has 6 heteroatoms. The van der Waals surface area contributed by atoms with Gasteiger partial charge in [-0.1, -0.05) is 13.8 Å². The molecule has 1 unspecified atom stereocenters. The van der Waals surface area contributed by atoms with Crippen LogP contribution in [0.1, 0.15) is 37.7 Å². The Hall–Kier alpha value is -1.69. The molecule has 0 saturated carbocycles. The molecular formula is C12H19N3O3. The van der Waals surface area contributed by atoms with Crippen LogP contribution in [0.25, 0.3) is 0 Å². The summed E-state index contributed by atoms with van der Waals surface area (Å²) in [6.45, 7) is 6.16. The average molecular weight is 253 g/mol. The lowest BCUT2D eigenvalue weighted by Crippen LogP contribution is -2.35. The zero-order chi connectivity index (χ0) is 13.8. The van der Waals surface area contributed by atoms with Crippen LogP contribution in [-0.2, 0) is 0 Å². The van der Waals surface area contributed by atoms with Crippen LogP contribution in [0.15, 0.2) is 12.1 Å². The van der Waals surface area contributed by atoms with Crippen molar-refractivity contribution in [3.8, 4) is 0 Å². The molecule has 0 amide bonds. The minimum atomic E-state index is -1.11. The van der Waals surface area contributed by atoms with Crippen molar-refractivity contribution >= 4 is 11.8 Å². The number of rotatable bonds is 6. The summed E-state index contributed by atoms with van der Waals surface area (Å²) >= 11 is 0. The van der Waals surface area contributed by atoms with Crippen molar-refractivity contribution in [2.75, 3.05) is 11.9 Å². The third-order valence-corrected chi connectivity index (χ3v) is 2.38. The van der Waals surface area contributed by atoms with Crippen LogP contribution in [-0.4, -0.2) is 38.5 Å². The second kappa shape index (κ2) is 5.77. The van der Waals surface area contributed by atoms with Gasteiger partial charge >= 0.3 is 5.97 Å². The number of carboxylic acids is 1. The van der Waals surface area contributed by atoms with Gasteiger partial charge in [-0.05, 0) is 31.4 Å². The van der Waals surface area contributed by atoms with Crippen LogP contribution < -0.4 is 5.32 Å². The zero-order valence-corrected chi connectivity index (χ0v) is 10.8. The van der Waals surface area contributed by atoms with Gasteiger partial charge in [0.15, 0.2) is 5.69 Å². The topological polar surface area (TPSA) is 95.3 Å². The molecule has 6 nitrogen and oxygen atoms in total. The molecule has 0 radical (unpaired) electrons. The minimum Gasteiger partial charge on any atom is -0.476 e. The lowest BCUT2D eigenvalue weighted by molar-refractivity contribution is 0.0514. The molecule has 0 spiro atoms. The number of nitrogens with one attached hydrogen (secondary N) is 1. The minimum absolute atomic E-state index is 0.102. The van der Waals surface area contributed by atoms with E-state index in [1.807, 2.05) is 13.8 Å². The summed E-state index contributed by atoms with van der Waals surface area (Å²) in [7, 11) is 0. The van der Waals surface area contributed by atoms with Gasteiger partial charge in [0.05, 0.1) is 5.60 Å². The fourth-order valence-corrected chi connectivity index (χ4v) is 1.77. The van der Waals surface area contributed by atoms with E-state index in [1.165, 1.54) is 12.1 Å². The highest BCUT2D eigenvalue weighted by atomic mass is 16.4. The Kier molecular flexibility index (Phi) is 4.61. The molecule has 0 aromatic carbocycles. The smallest absolute Gasteiger partial charge is 0.356 e. The Balaban J connectivity index is 2.55. The Morgan fingerprint density at radius 3 is 2.56 bits per heavy atom. The third-order valence-electron chi connectivity index (χ3n) is 2.38. The van der Waals surface area contributed by atoms with E-state index in [1.54, 1.807) is 6.92 Å². The monoisotopic (exact) mass is 253 g/mol. The van der Waals surface area contributed by atoms with Crippen molar-refractivity contribution in [2.24, 2.45) is 5.92 Å². The van der Waals surface area contributed by atoms with Crippen molar-refractivity contribution in [3.05, 3.63) is 17.8 Å². The summed E-state index contributed by atoms with van der Waals surface area (Å²) in [6, 6.07) is 2.90. The van der Waals surface area contributed by atoms with E-state index in [2.05, 4.69) is 15.5 Å². The number of aliphatic hydroxyl groups is 1. The molecule has 1 atom stereocenters. The van der Waals surface area contributed by atoms with Gasteiger partial charge in [-0.15, -0.1) is 10.2 Å². The van der Waals surface area contributed by atoms with Crippen molar-refractivity contribution in [2.45, 2.75) is 32.8 Å². The van der Waals surface area contributed by atoms with Gasteiger partial charge in [-0.2, -0.15) is 0 Å². The van der Waals surface area contributed by atoms with Gasteiger partial charge in [0.25, 0.3) is 0 Å². The quantitative estimate of drug-likeness (QED) is 0.709. The number of carbonyl (C=O) groups is 1. The standard InChI is InChI=1S/C12H19N3O3/c1-8(2)6-12(3,18)7-13-10-5-4-9(11(16)17)14-15-10/h4-5,8,18H,6-7H2,1-3H3,(H,13,15)(H,16,17). The van der Waals surface area contributed by atoms with Crippen LogP contribution in [0.5, 0.6) is 0 Å². The number of aromatic carboxylic acids is 1. The first-order valence-corrected chi connectivity index (χ1v) is 5.83. The van der Waals surface area contributed by atoms with Crippen molar-refractivity contribution in [1.82, 2.24) is 10.2 Å². The lowest BCUT2D eigenvalue weighted by Gasteiger charge is -2.25. The van der Waals surface area contributed by atoms with E-state index in [4.69, 9.17) is 5.11 Å². The Labute approximate surface area is 106 Å². The van der Waals surface area contributed by atoms with Gasteiger partial charge in [0.2, 0.25) is 0 Å². The van der Waals surface area contributed by atoms with E-state index in [-0.39, 0.29) is 5.69 Å². The summed E-state index contributed by atoms with van der Waals surface area (Å²) in [5.74, 6) is -0.271. The largest absolute Gasteiger partial charge is 0.476 e. The highest BCUT2D eigenvalue weighted by molar-refractivity contribution is 5.85. The third kappa shape index (κ3) is 4.67. The second-order valence-electron chi connectivity index (χ2n) is 5.06. The van der Waals surface area contributed by atoms with Crippen LogP contribution in [0.3, 0.4) is 0 Å². The van der Waals surface area contributed by atoms with E-state index in [0.29, 0.717) is 24.7 Å². The van der Waals surface area contributed by atoms with E-state index in [0.717, 1.165) is 0 Å². The van der Waals surface area contributed by atoms with Gasteiger partial charge in [0, 0.05) is 6.54 Å². The van der Waals surface area contributed by atoms with Crippen molar-refractivity contribution < 1.29 is 15.0 Å². The van der Waals surface area contributed by atoms with Gasteiger partial charge in [0.1, 0.15) is 5.82 Å². The van der Waals surface area contributed by atoms with Crippen LogP contribution >= 0.6 is 0 Å². The van der Waals surface area contributed by atoms with Crippen molar-refractivity contribution in [3.63, 3.8) is 0 Å². The second-order valence-corrected chi connectivity index (χ2v) is 5.06. The molecule has 1 aromatic rings. The summed E-state index contributed by atoms with van der Waals surface area (Å²) in [4.78, 5) is 10.6. The average Bonchev–Trinajstić information content (AvgIpc) is 2.25. The number of hydrogen-bond acceptors (Lipinski definition) is 5. The van der Waals surface area contributed by atoms with Gasteiger partial charge in [-0.25, -0.2) is 4.79 Å². The first-order chi connectivity index (χ1) is 8.30. The normalized spacial score (nSPS) is 14.3. The van der Waals surface area contributed by atoms with Crippen LogP contribution in [0.4, 0.5) is 5.82 Å². The number of hydrogen-bond donors (Lipinski definition) is 3. The maximum Gasteiger partial charge on any atom is 0.356 e. The van der Waals surface area contributed by atoms with E-state index in [9.17, 15) is 9.90 Å². The van der Waals surface area contributed by atoms with Crippen LogP contribution in [0.2, 0.25) is 0 Å². The predicted octanol–water partition coefficient (Wildman–Crippen LogP) is 1.38. The molecule has 0 aliphatic heterocycles. The number of aromatic nitrogens is 2. The summed E-state index contributed by atoms with van der Waals surface area (Å²) in [5, 5.41) is 29.0. The maximum absolute atomic E-state index is 10.6. The molecule has 1 heterocycles. The Bertz CT molecular complexity index is 402. The SMILES string of the molecule is CC(C)CC(C)(O)CNc1ccc(C(=O)O)nn1. The van der Waals surface area contributed by atoms with Gasteiger partial charge in [-0.3, -0.25) is 0 Å². The summed E-state index contributed by atoms with van der Waals surface area (Å²) < 4.78 is 0. The Morgan fingerprint density at radius 1 is 1.44 bits per heavy atom. The molecule has 18 heavy (non-hydrogen) atoms. The molecule has 100 valence electrons. The molecular weight excluding hydrogens is 234 g/mol. The molecule has 0 bridgehead atoms. The predicted molar refractivity (Wildman–Crippen MR) is 67.6 cm³/mol. The van der Waals surface area contributed by atoms with Crippen LogP contribution in [0, 0.1) is 5.92 Å². The fourth-order valence-electron chi connectivity index (χ4n) is 1.77. The highest BCUT2D eigenvalue weighted by Gasteiger charge is 2.21.